The molecule has 1 aliphatic carbocycles. The Morgan fingerprint density at radius 1 is 0.889 bits per heavy atom. The molecular weight excluding hydrogens is 342 g/mol. The number of hydrogen-bond acceptors (Lipinski definition) is 4. The molecule has 0 radical (unpaired) electrons. The van der Waals surface area contributed by atoms with E-state index < -0.39 is 22.2 Å². The second-order valence-electron chi connectivity index (χ2n) is 8.89. The Morgan fingerprint density at radius 2 is 1.48 bits per heavy atom. The van der Waals surface area contributed by atoms with E-state index in [-0.39, 0.29) is 11.8 Å². The first-order valence-corrected chi connectivity index (χ1v) is 9.21. The van der Waals surface area contributed by atoms with Gasteiger partial charge < -0.3 is 4.74 Å². The van der Waals surface area contributed by atoms with E-state index in [1.165, 1.54) is 0 Å². The van der Waals surface area contributed by atoms with Gasteiger partial charge in [-0.3, -0.25) is 19.7 Å². The lowest BCUT2D eigenvalue weighted by atomic mass is 9.52. The fraction of sp³-hybridized carbons (Fsp3) is 0.409. The Labute approximate surface area is 158 Å². The predicted molar refractivity (Wildman–Crippen MR) is 101 cm³/mol. The number of ether oxygens (including phenoxy) is 1. The van der Waals surface area contributed by atoms with Crippen LogP contribution in [0.15, 0.2) is 42.5 Å². The number of piperidine rings is 1. The molecule has 1 aliphatic heterocycles. The van der Waals surface area contributed by atoms with Crippen LogP contribution >= 0.6 is 0 Å². The van der Waals surface area contributed by atoms with Gasteiger partial charge in [0.2, 0.25) is 11.8 Å². The first kappa shape index (κ1) is 17.7. The second kappa shape index (κ2) is 5.65. The summed E-state index contributed by atoms with van der Waals surface area (Å²) in [7, 11) is 0. The topological polar surface area (TPSA) is 72.5 Å². The van der Waals surface area contributed by atoms with Crippen molar-refractivity contribution in [3.8, 4) is 5.75 Å². The summed E-state index contributed by atoms with van der Waals surface area (Å²) in [4.78, 5) is 37.9. The molecule has 3 atom stereocenters. The monoisotopic (exact) mass is 365 g/mol. The first-order valence-electron chi connectivity index (χ1n) is 9.21. The highest BCUT2D eigenvalue weighted by molar-refractivity contribution is 6.04. The molecule has 2 fully saturated rings. The van der Waals surface area contributed by atoms with Crippen molar-refractivity contribution in [1.82, 2.24) is 5.32 Å². The predicted octanol–water partition coefficient (Wildman–Crippen LogP) is 3.60. The highest BCUT2D eigenvalue weighted by Crippen LogP contribution is 2.56. The highest BCUT2D eigenvalue weighted by Gasteiger charge is 2.61. The zero-order valence-electron chi connectivity index (χ0n) is 15.8. The van der Waals surface area contributed by atoms with E-state index in [1.54, 1.807) is 13.0 Å². The Bertz CT molecular complexity index is 953. The second-order valence-corrected chi connectivity index (χ2v) is 8.89. The number of esters is 1. The first-order chi connectivity index (χ1) is 12.6. The lowest BCUT2D eigenvalue weighted by Crippen LogP contribution is -2.63. The average Bonchev–Trinajstić information content (AvgIpc) is 2.59. The largest absolute Gasteiger partial charge is 0.426 e. The standard InChI is InChI=1S/C22H23NO4/c1-20-11-21(2,18(25)23-17(20)24)13-22(3,12-20)19(26)27-16-9-8-14-6-4-5-7-15(14)10-16/h4-10H,11-13H2,1-3H3,(H,23,24,25)/t20-,21+,22?. The van der Waals surface area contributed by atoms with Crippen LogP contribution in [0, 0.1) is 16.2 Å². The maximum atomic E-state index is 13.1. The van der Waals surface area contributed by atoms with Crippen molar-refractivity contribution >= 4 is 28.6 Å². The van der Waals surface area contributed by atoms with Gasteiger partial charge in [-0.15, -0.1) is 0 Å². The minimum absolute atomic E-state index is 0.297. The molecule has 2 aliphatic rings. The molecule has 0 spiro atoms. The van der Waals surface area contributed by atoms with Gasteiger partial charge >= 0.3 is 5.97 Å². The van der Waals surface area contributed by atoms with Crippen LogP contribution in [-0.2, 0) is 14.4 Å². The van der Waals surface area contributed by atoms with Gasteiger partial charge in [0.05, 0.1) is 5.41 Å². The zero-order valence-corrected chi connectivity index (χ0v) is 15.8. The van der Waals surface area contributed by atoms with Gasteiger partial charge in [0, 0.05) is 10.8 Å². The van der Waals surface area contributed by atoms with Gasteiger partial charge in [-0.25, -0.2) is 0 Å². The van der Waals surface area contributed by atoms with Crippen LogP contribution < -0.4 is 10.1 Å². The number of carbonyl (C=O) groups is 3. The number of hydrogen-bond donors (Lipinski definition) is 1. The Hall–Kier alpha value is -2.69. The summed E-state index contributed by atoms with van der Waals surface area (Å²) in [5.74, 6) is -0.511. The molecule has 1 heterocycles. The molecular formula is C22H23NO4. The van der Waals surface area contributed by atoms with Crippen LogP contribution in [0.3, 0.4) is 0 Å². The number of fused-ring (bicyclic) bond motifs is 3. The normalized spacial score (nSPS) is 32.9. The van der Waals surface area contributed by atoms with Crippen LogP contribution in [0.1, 0.15) is 40.0 Å². The Morgan fingerprint density at radius 3 is 2.11 bits per heavy atom. The maximum Gasteiger partial charge on any atom is 0.317 e. The van der Waals surface area contributed by atoms with Gasteiger partial charge in [0.25, 0.3) is 0 Å². The quantitative estimate of drug-likeness (QED) is 0.501. The fourth-order valence-corrected chi connectivity index (χ4v) is 5.10. The van der Waals surface area contributed by atoms with E-state index in [2.05, 4.69) is 5.32 Å². The molecule has 2 amide bonds. The summed E-state index contributed by atoms with van der Waals surface area (Å²) >= 11 is 0. The number of imide groups is 1. The van der Waals surface area contributed by atoms with E-state index in [9.17, 15) is 14.4 Å². The molecule has 1 unspecified atom stereocenters. The number of rotatable bonds is 2. The van der Waals surface area contributed by atoms with Crippen LogP contribution in [0.5, 0.6) is 5.75 Å². The van der Waals surface area contributed by atoms with E-state index in [4.69, 9.17) is 4.74 Å². The number of nitrogens with one attached hydrogen (secondary N) is 1. The van der Waals surface area contributed by atoms with Gasteiger partial charge in [-0.05, 0) is 49.1 Å². The molecule has 5 heteroatoms. The molecule has 5 nitrogen and oxygen atoms in total. The third-order valence-corrected chi connectivity index (χ3v) is 6.09. The summed E-state index contributed by atoms with van der Waals surface area (Å²) in [6.45, 7) is 5.46. The van der Waals surface area contributed by atoms with Crippen molar-refractivity contribution in [2.24, 2.45) is 16.2 Å². The van der Waals surface area contributed by atoms with Gasteiger partial charge in [-0.2, -0.15) is 0 Å². The third-order valence-electron chi connectivity index (χ3n) is 6.09. The molecule has 2 bridgehead atoms. The lowest BCUT2D eigenvalue weighted by molar-refractivity contribution is -0.169. The minimum Gasteiger partial charge on any atom is -0.426 e. The van der Waals surface area contributed by atoms with Crippen LogP contribution in [0.25, 0.3) is 10.8 Å². The van der Waals surface area contributed by atoms with Crippen molar-refractivity contribution in [1.29, 1.82) is 0 Å². The van der Waals surface area contributed by atoms with Crippen molar-refractivity contribution in [3.05, 3.63) is 42.5 Å². The molecule has 1 N–H and O–H groups in total. The molecule has 27 heavy (non-hydrogen) atoms. The lowest BCUT2D eigenvalue weighted by Gasteiger charge is -2.52. The smallest absolute Gasteiger partial charge is 0.317 e. The van der Waals surface area contributed by atoms with Crippen molar-refractivity contribution in [2.45, 2.75) is 40.0 Å². The highest BCUT2D eigenvalue weighted by atomic mass is 16.5. The van der Waals surface area contributed by atoms with Crippen LogP contribution in [0.4, 0.5) is 0 Å². The average molecular weight is 365 g/mol. The van der Waals surface area contributed by atoms with Gasteiger partial charge in [-0.1, -0.05) is 44.2 Å². The summed E-state index contributed by atoms with van der Waals surface area (Å²) < 4.78 is 5.71. The van der Waals surface area contributed by atoms with Gasteiger partial charge in [0.1, 0.15) is 5.75 Å². The Kier molecular flexibility index (Phi) is 3.71. The van der Waals surface area contributed by atoms with E-state index in [0.29, 0.717) is 25.0 Å². The number of carbonyl (C=O) groups excluding carboxylic acids is 3. The van der Waals surface area contributed by atoms with Crippen molar-refractivity contribution in [3.63, 3.8) is 0 Å². The maximum absolute atomic E-state index is 13.1. The zero-order chi connectivity index (χ0) is 19.4. The molecule has 1 saturated heterocycles. The molecule has 4 rings (SSSR count). The summed E-state index contributed by atoms with van der Waals surface area (Å²) in [5, 5.41) is 4.53. The SMILES string of the molecule is CC1(C(=O)Oc2ccc3ccccc3c2)C[C@@]2(C)C[C@@](C)(C1)C(=O)NC2=O. The number of benzene rings is 2. The number of amides is 2. The van der Waals surface area contributed by atoms with Crippen LogP contribution in [-0.4, -0.2) is 17.8 Å². The van der Waals surface area contributed by atoms with Crippen LogP contribution in [0.2, 0.25) is 0 Å². The molecule has 140 valence electrons. The Balaban J connectivity index is 1.63. The van der Waals surface area contributed by atoms with E-state index in [0.717, 1.165) is 10.8 Å². The van der Waals surface area contributed by atoms with Gasteiger partial charge in [0.15, 0.2) is 0 Å². The van der Waals surface area contributed by atoms with Crippen molar-refractivity contribution < 1.29 is 19.1 Å². The molecule has 0 aromatic heterocycles. The van der Waals surface area contributed by atoms with E-state index >= 15 is 0 Å². The van der Waals surface area contributed by atoms with E-state index in [1.807, 2.05) is 50.2 Å². The molecule has 1 saturated carbocycles. The minimum atomic E-state index is -0.902. The summed E-state index contributed by atoms with van der Waals surface area (Å²) in [6, 6.07) is 13.4. The van der Waals surface area contributed by atoms with Crippen molar-refractivity contribution in [2.75, 3.05) is 0 Å². The summed E-state index contributed by atoms with van der Waals surface area (Å²) in [5.41, 5.74) is -2.41. The third kappa shape index (κ3) is 2.82. The summed E-state index contributed by atoms with van der Waals surface area (Å²) in [6.07, 6.45) is 1.19. The fourth-order valence-electron chi connectivity index (χ4n) is 5.10. The molecule has 2 aromatic rings. The molecule has 2 aromatic carbocycles.